The van der Waals surface area contributed by atoms with Gasteiger partial charge in [-0.2, -0.15) is 0 Å². The van der Waals surface area contributed by atoms with Crippen LogP contribution in [0.2, 0.25) is 0 Å². The van der Waals surface area contributed by atoms with E-state index in [-0.39, 0.29) is 42.0 Å². The van der Waals surface area contributed by atoms with Gasteiger partial charge in [-0.05, 0) is 26.0 Å². The van der Waals surface area contributed by atoms with Crippen LogP contribution in [-0.4, -0.2) is 39.6 Å². The first-order chi connectivity index (χ1) is 15.2. The van der Waals surface area contributed by atoms with Crippen molar-refractivity contribution in [1.29, 1.82) is 0 Å². The van der Waals surface area contributed by atoms with Crippen molar-refractivity contribution >= 4 is 16.9 Å². The molecule has 1 N–H and O–H groups in total. The van der Waals surface area contributed by atoms with Crippen molar-refractivity contribution in [2.24, 2.45) is 7.05 Å². The van der Waals surface area contributed by atoms with Crippen molar-refractivity contribution in [2.45, 2.75) is 31.5 Å². The van der Waals surface area contributed by atoms with Crippen molar-refractivity contribution < 1.29 is 17.6 Å². The zero-order valence-electron chi connectivity index (χ0n) is 17.7. The average Bonchev–Trinajstić information content (AvgIpc) is 2.77. The Hall–Kier alpha value is -3.01. The summed E-state index contributed by atoms with van der Waals surface area (Å²) in [6.45, 7) is 0.921. The van der Waals surface area contributed by atoms with Crippen LogP contribution in [0.5, 0.6) is 0 Å². The van der Waals surface area contributed by atoms with E-state index in [0.717, 1.165) is 6.07 Å². The Bertz CT molecular complexity index is 1200. The molecule has 0 atom stereocenters. The lowest BCUT2D eigenvalue weighted by Gasteiger charge is -2.34. The third-order valence-electron chi connectivity index (χ3n) is 6.06. The molecule has 32 heavy (non-hydrogen) atoms. The molecule has 6 nitrogen and oxygen atoms in total. The van der Waals surface area contributed by atoms with E-state index in [1.807, 2.05) is 11.9 Å². The lowest BCUT2D eigenvalue weighted by Crippen LogP contribution is -2.41. The molecule has 0 aliphatic carbocycles. The fourth-order valence-electron chi connectivity index (χ4n) is 4.06. The van der Waals surface area contributed by atoms with Crippen molar-refractivity contribution in [1.82, 2.24) is 19.4 Å². The van der Waals surface area contributed by atoms with Gasteiger partial charge < -0.3 is 10.2 Å². The van der Waals surface area contributed by atoms with Crippen LogP contribution in [0, 0.1) is 5.82 Å². The molecule has 1 aliphatic heterocycles. The highest BCUT2D eigenvalue weighted by atomic mass is 19.3. The van der Waals surface area contributed by atoms with E-state index >= 15 is 4.39 Å². The maximum Gasteiger partial charge on any atom is 0.266 e. The molecule has 3 heterocycles. The minimum Gasteiger partial charge on any atom is -0.365 e. The number of likely N-dealkylation sites (tertiary alicyclic amines) is 1. The SMILES string of the molecule is CN1CCC(F)(c2cc3c(NCc4cccc(C(F)F)c4F)ncnc3n(C)c2=O)CC1. The predicted octanol–water partition coefficient (Wildman–Crippen LogP) is 3.91. The third-order valence-corrected chi connectivity index (χ3v) is 6.06. The smallest absolute Gasteiger partial charge is 0.266 e. The van der Waals surface area contributed by atoms with Gasteiger partial charge in [-0.3, -0.25) is 9.36 Å². The number of rotatable bonds is 5. The Morgan fingerprint density at radius 1 is 1.19 bits per heavy atom. The molecule has 10 heteroatoms. The number of benzene rings is 1. The van der Waals surface area contributed by atoms with Gasteiger partial charge in [-0.15, -0.1) is 0 Å². The molecular weight excluding hydrogens is 426 g/mol. The Morgan fingerprint density at radius 2 is 1.91 bits per heavy atom. The lowest BCUT2D eigenvalue weighted by molar-refractivity contribution is 0.0659. The van der Waals surface area contributed by atoms with Gasteiger partial charge in [0.05, 0.1) is 16.5 Å². The Labute approximate surface area is 181 Å². The van der Waals surface area contributed by atoms with E-state index in [0.29, 0.717) is 18.5 Å². The van der Waals surface area contributed by atoms with Crippen LogP contribution in [0.1, 0.15) is 36.0 Å². The molecule has 0 spiro atoms. The van der Waals surface area contributed by atoms with Gasteiger partial charge in [0.25, 0.3) is 12.0 Å². The van der Waals surface area contributed by atoms with Crippen LogP contribution >= 0.6 is 0 Å². The molecule has 3 aromatic rings. The Balaban J connectivity index is 1.73. The van der Waals surface area contributed by atoms with E-state index in [4.69, 9.17) is 0 Å². The standard InChI is InChI=1S/C22H23F4N5O/c1-30-8-6-22(26,7-9-30)16-10-15-19(28-12-29-20(15)31(2)21(16)32)27-11-13-4-3-5-14(17(13)23)18(24)25/h3-5,10,12,18H,6-9,11H2,1-2H3,(H,27,28,29). The summed E-state index contributed by atoms with van der Waals surface area (Å²) in [5, 5.41) is 3.32. The molecule has 2 aromatic heterocycles. The second-order valence-corrected chi connectivity index (χ2v) is 8.12. The molecule has 0 unspecified atom stereocenters. The quantitative estimate of drug-likeness (QED) is 0.599. The molecule has 0 radical (unpaired) electrons. The number of hydrogen-bond donors (Lipinski definition) is 1. The summed E-state index contributed by atoms with van der Waals surface area (Å²) < 4.78 is 57.4. The number of fused-ring (bicyclic) bond motifs is 1. The Morgan fingerprint density at radius 3 is 2.59 bits per heavy atom. The number of piperidine rings is 1. The van der Waals surface area contributed by atoms with Crippen LogP contribution in [0.25, 0.3) is 11.0 Å². The van der Waals surface area contributed by atoms with Gasteiger partial charge in [-0.25, -0.2) is 27.5 Å². The van der Waals surface area contributed by atoms with Gasteiger partial charge in [0.2, 0.25) is 0 Å². The molecule has 1 fully saturated rings. The summed E-state index contributed by atoms with van der Waals surface area (Å²) in [5.41, 5.74) is -2.57. The molecule has 0 amide bonds. The number of aromatic nitrogens is 3. The molecule has 4 rings (SSSR count). The largest absolute Gasteiger partial charge is 0.365 e. The molecule has 1 aromatic carbocycles. The third kappa shape index (κ3) is 3.94. The maximum absolute atomic E-state index is 15.8. The normalized spacial score (nSPS) is 16.6. The summed E-state index contributed by atoms with van der Waals surface area (Å²) in [4.78, 5) is 23.2. The first-order valence-electron chi connectivity index (χ1n) is 10.2. The minimum absolute atomic E-state index is 0.0318. The number of nitrogens with one attached hydrogen (secondary N) is 1. The molecule has 0 bridgehead atoms. The van der Waals surface area contributed by atoms with Crippen LogP contribution in [0.4, 0.5) is 23.4 Å². The first-order valence-corrected chi connectivity index (χ1v) is 10.2. The summed E-state index contributed by atoms with van der Waals surface area (Å²) in [7, 11) is 3.41. The number of nitrogens with zero attached hydrogens (tertiary/aromatic N) is 4. The zero-order chi connectivity index (χ0) is 23.0. The molecule has 170 valence electrons. The Kier molecular flexibility index (Phi) is 5.89. The topological polar surface area (TPSA) is 63.0 Å². The highest BCUT2D eigenvalue weighted by Crippen LogP contribution is 2.36. The predicted molar refractivity (Wildman–Crippen MR) is 113 cm³/mol. The number of halogens is 4. The van der Waals surface area contributed by atoms with Gasteiger partial charge >= 0.3 is 0 Å². The fourth-order valence-corrected chi connectivity index (χ4v) is 4.06. The summed E-state index contributed by atoms with van der Waals surface area (Å²) in [6, 6.07) is 5.24. The monoisotopic (exact) mass is 449 g/mol. The summed E-state index contributed by atoms with van der Waals surface area (Å²) in [5.74, 6) is -0.735. The number of hydrogen-bond acceptors (Lipinski definition) is 5. The van der Waals surface area contributed by atoms with Crippen molar-refractivity contribution in [3.63, 3.8) is 0 Å². The van der Waals surface area contributed by atoms with E-state index in [2.05, 4.69) is 15.3 Å². The van der Waals surface area contributed by atoms with Crippen LogP contribution < -0.4 is 10.9 Å². The number of aryl methyl sites for hydroxylation is 1. The molecule has 1 aliphatic rings. The lowest BCUT2D eigenvalue weighted by atomic mass is 9.86. The second-order valence-electron chi connectivity index (χ2n) is 8.12. The zero-order valence-corrected chi connectivity index (χ0v) is 17.7. The van der Waals surface area contributed by atoms with Crippen molar-refractivity contribution in [3.05, 3.63) is 63.5 Å². The molecule has 1 saturated heterocycles. The van der Waals surface area contributed by atoms with E-state index in [9.17, 15) is 18.0 Å². The van der Waals surface area contributed by atoms with Gasteiger partial charge in [0.1, 0.15) is 29.3 Å². The number of anilines is 1. The van der Waals surface area contributed by atoms with Crippen molar-refractivity contribution in [3.8, 4) is 0 Å². The molecule has 0 saturated carbocycles. The van der Waals surface area contributed by atoms with Gasteiger partial charge in [-0.1, -0.05) is 18.2 Å². The average molecular weight is 449 g/mol. The van der Waals surface area contributed by atoms with E-state index < -0.39 is 29.0 Å². The number of alkyl halides is 3. The number of pyridine rings is 1. The van der Waals surface area contributed by atoms with Gasteiger partial charge in [0.15, 0.2) is 0 Å². The van der Waals surface area contributed by atoms with Crippen LogP contribution in [0.15, 0.2) is 35.4 Å². The van der Waals surface area contributed by atoms with Crippen LogP contribution in [-0.2, 0) is 19.3 Å². The highest BCUT2D eigenvalue weighted by molar-refractivity contribution is 5.87. The first kappa shape index (κ1) is 22.2. The fraction of sp³-hybridized carbons (Fsp3) is 0.409. The highest BCUT2D eigenvalue weighted by Gasteiger charge is 2.38. The summed E-state index contributed by atoms with van der Waals surface area (Å²) in [6.07, 6.45) is -1.32. The van der Waals surface area contributed by atoms with Crippen molar-refractivity contribution in [2.75, 3.05) is 25.5 Å². The van der Waals surface area contributed by atoms with E-state index in [1.165, 1.54) is 36.1 Å². The van der Waals surface area contributed by atoms with Crippen LogP contribution in [0.3, 0.4) is 0 Å². The van der Waals surface area contributed by atoms with E-state index in [1.54, 1.807) is 0 Å². The minimum atomic E-state index is -2.93. The maximum atomic E-state index is 15.8. The summed E-state index contributed by atoms with van der Waals surface area (Å²) >= 11 is 0. The second kappa shape index (κ2) is 8.50. The van der Waals surface area contributed by atoms with Gasteiger partial charge in [0, 0.05) is 32.2 Å². The molecular formula is C22H23F4N5O.